The molecule has 2 fully saturated rings. The highest BCUT2D eigenvalue weighted by Gasteiger charge is 2.37. The maximum Gasteiger partial charge on any atom is 0.167 e. The van der Waals surface area contributed by atoms with E-state index in [1.807, 2.05) is 23.0 Å². The smallest absolute Gasteiger partial charge is 0.167 e. The summed E-state index contributed by atoms with van der Waals surface area (Å²) in [7, 11) is 3.67. The predicted molar refractivity (Wildman–Crippen MR) is 139 cm³/mol. The molecule has 3 aromatic heterocycles. The predicted octanol–water partition coefficient (Wildman–Crippen LogP) is 3.70. The van der Waals surface area contributed by atoms with E-state index in [1.54, 1.807) is 12.3 Å². The first-order valence-electron chi connectivity index (χ1n) is 12.6. The second-order valence-corrected chi connectivity index (χ2v) is 10.3. The fraction of sp³-hybridized carbons (Fsp3) is 0.444. The quantitative estimate of drug-likeness (QED) is 0.433. The molecule has 2 saturated heterocycles. The van der Waals surface area contributed by atoms with Crippen LogP contribution in [-0.4, -0.2) is 88.3 Å². The van der Waals surface area contributed by atoms with Crippen LogP contribution in [0.5, 0.6) is 5.75 Å². The van der Waals surface area contributed by atoms with Gasteiger partial charge in [-0.25, -0.2) is 13.9 Å². The minimum atomic E-state index is -0.428. The van der Waals surface area contributed by atoms with Crippen molar-refractivity contribution >= 4 is 22.2 Å². The number of piperidine rings is 1. The molecule has 6 rings (SSSR count). The van der Waals surface area contributed by atoms with Crippen LogP contribution in [0, 0.1) is 5.82 Å². The highest BCUT2D eigenvalue weighted by Crippen LogP contribution is 2.35. The summed E-state index contributed by atoms with van der Waals surface area (Å²) in [5, 5.41) is 5.42. The summed E-state index contributed by atoms with van der Waals surface area (Å²) < 4.78 is 21.3. The number of pyridine rings is 1. The zero-order valence-electron chi connectivity index (χ0n) is 21.1. The third-order valence-electron chi connectivity index (χ3n) is 8.12. The van der Waals surface area contributed by atoms with Crippen LogP contribution in [0.15, 0.2) is 43.0 Å². The van der Waals surface area contributed by atoms with Crippen LogP contribution >= 0.6 is 0 Å². The van der Waals surface area contributed by atoms with E-state index < -0.39 is 5.82 Å². The van der Waals surface area contributed by atoms with Crippen LogP contribution < -0.4 is 9.64 Å². The molecule has 0 N–H and O–H groups in total. The molecule has 2 aliphatic heterocycles. The topological polar surface area (TPSA) is 62.0 Å². The summed E-state index contributed by atoms with van der Waals surface area (Å²) in [6, 6.07) is 5.01. The first-order valence-corrected chi connectivity index (χ1v) is 12.6. The van der Waals surface area contributed by atoms with Gasteiger partial charge in [-0.3, -0.25) is 9.88 Å². The van der Waals surface area contributed by atoms with Crippen LogP contribution in [0.25, 0.3) is 27.7 Å². The van der Waals surface area contributed by atoms with Crippen LogP contribution in [-0.2, 0) is 0 Å². The molecule has 0 spiro atoms. The van der Waals surface area contributed by atoms with Crippen molar-refractivity contribution in [3.8, 4) is 16.9 Å². The lowest BCUT2D eigenvalue weighted by molar-refractivity contribution is 0.0346. The number of benzene rings is 1. The first-order chi connectivity index (χ1) is 17.4. The monoisotopic (exact) mass is 489 g/mol. The fourth-order valence-corrected chi connectivity index (χ4v) is 5.67. The van der Waals surface area contributed by atoms with Crippen molar-refractivity contribution in [1.82, 2.24) is 29.4 Å². The maximum absolute atomic E-state index is 14.2. The third-order valence-corrected chi connectivity index (χ3v) is 8.12. The Morgan fingerprint density at radius 2 is 1.75 bits per heavy atom. The lowest BCUT2D eigenvalue weighted by Gasteiger charge is -2.49. The van der Waals surface area contributed by atoms with Crippen LogP contribution in [0.1, 0.15) is 19.8 Å². The molecule has 0 bridgehead atoms. The molecular weight excluding hydrogens is 457 g/mol. The number of aromatic nitrogens is 4. The Bertz CT molecular complexity index is 1400. The molecule has 0 aliphatic carbocycles. The van der Waals surface area contributed by atoms with Crippen molar-refractivity contribution in [3.63, 3.8) is 0 Å². The number of anilines is 1. The molecule has 188 valence electrons. The average Bonchev–Trinajstić information content (AvgIpc) is 3.32. The van der Waals surface area contributed by atoms with Crippen molar-refractivity contribution in [2.75, 3.05) is 58.3 Å². The van der Waals surface area contributed by atoms with Gasteiger partial charge in [0.25, 0.3) is 0 Å². The molecule has 0 unspecified atom stereocenters. The Balaban J connectivity index is 1.26. The largest absolute Gasteiger partial charge is 0.494 e. The molecule has 1 aromatic carbocycles. The SMILES string of the molecule is COc1cc2c(-c3cnn4cc(N5CCC(C)(N6CCN(C)CC6)CC5)cnc34)ccnc2cc1F. The van der Waals surface area contributed by atoms with Crippen molar-refractivity contribution in [2.45, 2.75) is 25.3 Å². The van der Waals surface area contributed by atoms with Crippen LogP contribution in [0.3, 0.4) is 0 Å². The standard InChI is InChI=1S/C27H32FN7O/c1-27(34-12-10-32(2)11-13-34)5-8-33(9-6-27)19-16-30-26-22(17-31-35(26)18-19)20-4-7-29-24-15-23(28)25(36-3)14-21(20)24/h4,7,14-18H,5-6,8-13H2,1-3H3. The van der Waals surface area contributed by atoms with Gasteiger partial charge in [-0.2, -0.15) is 5.10 Å². The Kier molecular flexibility index (Phi) is 5.76. The summed E-state index contributed by atoms with van der Waals surface area (Å²) in [5.74, 6) is -0.236. The molecule has 0 radical (unpaired) electrons. The lowest BCUT2D eigenvalue weighted by Crippen LogP contribution is -2.58. The molecule has 0 atom stereocenters. The number of likely N-dealkylation sites (N-methyl/N-ethyl adjacent to an activating group) is 1. The molecule has 36 heavy (non-hydrogen) atoms. The molecular formula is C27H32FN7O. The van der Waals surface area contributed by atoms with Gasteiger partial charge in [0.2, 0.25) is 0 Å². The number of methoxy groups -OCH3 is 1. The second kappa shape index (κ2) is 8.97. The van der Waals surface area contributed by atoms with Gasteiger partial charge in [0.05, 0.1) is 36.9 Å². The Labute approximate surface area is 210 Å². The Morgan fingerprint density at radius 1 is 0.972 bits per heavy atom. The van der Waals surface area contributed by atoms with Crippen molar-refractivity contribution in [1.29, 1.82) is 0 Å². The second-order valence-electron chi connectivity index (χ2n) is 10.3. The molecule has 4 aromatic rings. The first kappa shape index (κ1) is 23.1. The summed E-state index contributed by atoms with van der Waals surface area (Å²) in [5.41, 5.74) is 4.45. The third kappa shape index (κ3) is 3.96. The van der Waals surface area contributed by atoms with E-state index in [1.165, 1.54) is 13.2 Å². The van der Waals surface area contributed by atoms with E-state index in [-0.39, 0.29) is 11.3 Å². The molecule has 0 saturated carbocycles. The highest BCUT2D eigenvalue weighted by atomic mass is 19.1. The number of rotatable bonds is 4. The summed E-state index contributed by atoms with van der Waals surface area (Å²) in [6.45, 7) is 9.04. The van der Waals surface area contributed by atoms with Gasteiger partial charge < -0.3 is 14.5 Å². The number of halogens is 1. The van der Waals surface area contributed by atoms with Crippen LogP contribution in [0.4, 0.5) is 10.1 Å². The molecule has 8 nitrogen and oxygen atoms in total. The van der Waals surface area contributed by atoms with Gasteiger partial charge in [0.15, 0.2) is 17.2 Å². The van der Waals surface area contributed by atoms with E-state index in [4.69, 9.17) is 9.72 Å². The van der Waals surface area contributed by atoms with Crippen molar-refractivity contribution in [2.24, 2.45) is 0 Å². The highest BCUT2D eigenvalue weighted by molar-refractivity contribution is 5.98. The van der Waals surface area contributed by atoms with Crippen LogP contribution in [0.2, 0.25) is 0 Å². The number of piperazine rings is 1. The fourth-order valence-electron chi connectivity index (χ4n) is 5.67. The van der Waals surface area contributed by atoms with E-state index in [0.717, 1.165) is 80.0 Å². The Hall–Kier alpha value is -3.30. The zero-order valence-corrected chi connectivity index (χ0v) is 21.1. The number of hydrogen-bond donors (Lipinski definition) is 0. The molecule has 2 aliphatic rings. The molecule has 9 heteroatoms. The number of nitrogens with zero attached hydrogens (tertiary/aromatic N) is 7. The number of hydrogen-bond acceptors (Lipinski definition) is 7. The van der Waals surface area contributed by atoms with E-state index in [2.05, 4.69) is 45.0 Å². The van der Waals surface area contributed by atoms with E-state index in [0.29, 0.717) is 5.52 Å². The number of fused-ring (bicyclic) bond motifs is 2. The zero-order chi connectivity index (χ0) is 24.9. The van der Waals surface area contributed by atoms with Gasteiger partial charge in [-0.05, 0) is 44.5 Å². The van der Waals surface area contributed by atoms with Gasteiger partial charge >= 0.3 is 0 Å². The minimum absolute atomic E-state index is 0.192. The van der Waals surface area contributed by atoms with Gasteiger partial charge in [-0.15, -0.1) is 0 Å². The van der Waals surface area contributed by atoms with E-state index >= 15 is 0 Å². The van der Waals surface area contributed by atoms with Gasteiger partial charge in [0, 0.05) is 68.0 Å². The van der Waals surface area contributed by atoms with Gasteiger partial charge in [-0.1, -0.05) is 0 Å². The normalized spacial score (nSPS) is 19.3. The molecule has 0 amide bonds. The van der Waals surface area contributed by atoms with E-state index in [9.17, 15) is 4.39 Å². The van der Waals surface area contributed by atoms with Gasteiger partial charge in [0.1, 0.15) is 0 Å². The average molecular weight is 490 g/mol. The summed E-state index contributed by atoms with van der Waals surface area (Å²) in [4.78, 5) is 16.7. The van der Waals surface area contributed by atoms with Crippen molar-refractivity contribution in [3.05, 3.63) is 48.8 Å². The van der Waals surface area contributed by atoms with Crippen molar-refractivity contribution < 1.29 is 9.13 Å². The Morgan fingerprint density at radius 3 is 2.50 bits per heavy atom. The number of ether oxygens (including phenoxy) is 1. The lowest BCUT2D eigenvalue weighted by atomic mass is 9.87. The summed E-state index contributed by atoms with van der Waals surface area (Å²) >= 11 is 0. The maximum atomic E-state index is 14.2. The molecule has 5 heterocycles. The summed E-state index contributed by atoms with van der Waals surface area (Å²) in [6.07, 6.45) is 9.79. The minimum Gasteiger partial charge on any atom is -0.494 e.